The first-order valence-corrected chi connectivity index (χ1v) is 7.02. The third-order valence-electron chi connectivity index (χ3n) is 3.98. The Morgan fingerprint density at radius 3 is 2.57 bits per heavy atom. The van der Waals surface area contributed by atoms with Crippen molar-refractivity contribution in [2.24, 2.45) is 11.8 Å². The van der Waals surface area contributed by atoms with E-state index in [-0.39, 0.29) is 29.5 Å². The Morgan fingerprint density at radius 1 is 1.19 bits per heavy atom. The first kappa shape index (κ1) is 15.2. The number of nitrogens with one attached hydrogen (secondary N) is 1. The maximum atomic E-state index is 12.0. The van der Waals surface area contributed by atoms with Crippen molar-refractivity contribution in [1.82, 2.24) is 5.32 Å². The van der Waals surface area contributed by atoms with Crippen LogP contribution in [-0.4, -0.2) is 33.7 Å². The van der Waals surface area contributed by atoms with Crippen molar-refractivity contribution < 1.29 is 24.9 Å². The number of carbonyl (C=O) groups is 2. The minimum Gasteiger partial charge on any atom is -0.508 e. The highest BCUT2D eigenvalue weighted by Crippen LogP contribution is 2.30. The molecule has 0 saturated heterocycles. The third-order valence-corrected chi connectivity index (χ3v) is 3.98. The Kier molecular flexibility index (Phi) is 4.67. The molecule has 0 heterocycles. The molecule has 0 spiro atoms. The Balaban J connectivity index is 1.98. The molecule has 6 nitrogen and oxygen atoms in total. The molecule has 1 aliphatic carbocycles. The van der Waals surface area contributed by atoms with E-state index in [9.17, 15) is 24.9 Å². The number of rotatable bonds is 4. The van der Waals surface area contributed by atoms with Gasteiger partial charge in [0, 0.05) is 12.6 Å². The van der Waals surface area contributed by atoms with E-state index in [1.807, 2.05) is 0 Å². The van der Waals surface area contributed by atoms with Gasteiger partial charge in [0.05, 0.1) is 11.5 Å². The Labute approximate surface area is 122 Å². The number of aromatic hydroxyl groups is 2. The topological polar surface area (TPSA) is 107 Å². The van der Waals surface area contributed by atoms with E-state index in [0.717, 1.165) is 25.3 Å². The molecule has 1 fully saturated rings. The third kappa shape index (κ3) is 3.65. The average molecular weight is 293 g/mol. The Hall–Kier alpha value is -2.24. The second kappa shape index (κ2) is 6.47. The molecule has 114 valence electrons. The van der Waals surface area contributed by atoms with Gasteiger partial charge in [-0.05, 0) is 30.9 Å². The number of carbonyl (C=O) groups excluding carboxylic acids is 1. The molecule has 21 heavy (non-hydrogen) atoms. The van der Waals surface area contributed by atoms with E-state index in [1.54, 1.807) is 0 Å². The fraction of sp³-hybridized carbons (Fsp3) is 0.467. The lowest BCUT2D eigenvalue weighted by Gasteiger charge is -2.28. The molecule has 1 aromatic rings. The zero-order chi connectivity index (χ0) is 15.4. The summed E-state index contributed by atoms with van der Waals surface area (Å²) >= 11 is 0. The molecule has 2 rings (SSSR count). The number of hydrogen-bond acceptors (Lipinski definition) is 4. The van der Waals surface area contributed by atoms with Crippen LogP contribution in [0.4, 0.5) is 0 Å². The largest absolute Gasteiger partial charge is 0.508 e. The average Bonchev–Trinajstić information content (AvgIpc) is 2.45. The smallest absolute Gasteiger partial charge is 0.306 e. The van der Waals surface area contributed by atoms with Crippen LogP contribution in [0.1, 0.15) is 36.0 Å². The minimum atomic E-state index is -0.818. The normalized spacial score (nSPS) is 21.7. The van der Waals surface area contributed by atoms with Crippen LogP contribution in [0.15, 0.2) is 18.2 Å². The quantitative estimate of drug-likeness (QED) is 0.676. The van der Waals surface area contributed by atoms with E-state index in [0.29, 0.717) is 6.42 Å². The molecule has 1 amide bonds. The van der Waals surface area contributed by atoms with Gasteiger partial charge in [-0.25, -0.2) is 0 Å². The maximum absolute atomic E-state index is 12.0. The standard InChI is InChI=1S/C15H19NO5/c17-10-5-6-12(13(18)7-10)14(19)16-8-9-3-1-2-4-11(9)15(20)21/h5-7,9,11,17-18H,1-4,8H2,(H,16,19)(H,20,21). The summed E-state index contributed by atoms with van der Waals surface area (Å²) in [4.78, 5) is 23.2. The zero-order valence-electron chi connectivity index (χ0n) is 11.6. The van der Waals surface area contributed by atoms with Crippen molar-refractivity contribution in [1.29, 1.82) is 0 Å². The van der Waals surface area contributed by atoms with Gasteiger partial charge < -0.3 is 20.6 Å². The molecule has 0 aliphatic heterocycles. The lowest BCUT2D eigenvalue weighted by molar-refractivity contribution is -0.144. The summed E-state index contributed by atoms with van der Waals surface area (Å²) in [7, 11) is 0. The molecular formula is C15H19NO5. The van der Waals surface area contributed by atoms with Gasteiger partial charge >= 0.3 is 5.97 Å². The Bertz CT molecular complexity index is 543. The van der Waals surface area contributed by atoms with Gasteiger partial charge in [-0.2, -0.15) is 0 Å². The molecule has 1 aliphatic rings. The molecule has 2 atom stereocenters. The van der Waals surface area contributed by atoms with E-state index in [2.05, 4.69) is 5.32 Å². The summed E-state index contributed by atoms with van der Waals surface area (Å²) in [5.74, 6) is -2.22. The van der Waals surface area contributed by atoms with Gasteiger partial charge in [-0.15, -0.1) is 0 Å². The highest BCUT2D eigenvalue weighted by molar-refractivity contribution is 5.97. The van der Waals surface area contributed by atoms with Crippen LogP contribution in [0.5, 0.6) is 11.5 Å². The van der Waals surface area contributed by atoms with Crippen molar-refractivity contribution in [2.75, 3.05) is 6.54 Å². The van der Waals surface area contributed by atoms with Crippen LogP contribution >= 0.6 is 0 Å². The zero-order valence-corrected chi connectivity index (χ0v) is 11.6. The minimum absolute atomic E-state index is 0.0653. The predicted octanol–water partition coefficient (Wildman–Crippen LogP) is 1.72. The number of phenols is 2. The summed E-state index contributed by atoms with van der Waals surface area (Å²) in [6.45, 7) is 0.274. The summed E-state index contributed by atoms with van der Waals surface area (Å²) in [6.07, 6.45) is 3.29. The molecule has 0 aromatic heterocycles. The van der Waals surface area contributed by atoms with E-state index in [1.165, 1.54) is 12.1 Å². The van der Waals surface area contributed by atoms with Crippen LogP contribution < -0.4 is 5.32 Å². The molecule has 1 saturated carbocycles. The van der Waals surface area contributed by atoms with E-state index in [4.69, 9.17) is 0 Å². The number of phenolic OH excluding ortho intramolecular Hbond substituents is 2. The van der Waals surface area contributed by atoms with Crippen molar-refractivity contribution >= 4 is 11.9 Å². The fourth-order valence-electron chi connectivity index (χ4n) is 2.81. The molecule has 0 bridgehead atoms. The highest BCUT2D eigenvalue weighted by atomic mass is 16.4. The van der Waals surface area contributed by atoms with Gasteiger partial charge in [0.1, 0.15) is 11.5 Å². The lowest BCUT2D eigenvalue weighted by Crippen LogP contribution is -2.37. The molecule has 6 heteroatoms. The van der Waals surface area contributed by atoms with Crippen molar-refractivity contribution in [3.8, 4) is 11.5 Å². The molecular weight excluding hydrogens is 274 g/mol. The molecule has 4 N–H and O–H groups in total. The second-order valence-electron chi connectivity index (χ2n) is 5.40. The summed E-state index contributed by atoms with van der Waals surface area (Å²) < 4.78 is 0. The van der Waals surface area contributed by atoms with Crippen LogP contribution in [0.3, 0.4) is 0 Å². The molecule has 1 aromatic carbocycles. The summed E-state index contributed by atoms with van der Waals surface area (Å²) in [5.41, 5.74) is 0.0653. The van der Waals surface area contributed by atoms with Crippen molar-refractivity contribution in [3.63, 3.8) is 0 Å². The summed E-state index contributed by atoms with van der Waals surface area (Å²) in [5, 5.41) is 30.7. The SMILES string of the molecule is O=C(NCC1CCCCC1C(=O)O)c1ccc(O)cc1O. The van der Waals surface area contributed by atoms with Crippen molar-refractivity contribution in [2.45, 2.75) is 25.7 Å². The van der Waals surface area contributed by atoms with Crippen LogP contribution in [0.25, 0.3) is 0 Å². The molecule has 0 radical (unpaired) electrons. The number of carboxylic acid groups (broad SMARTS) is 1. The van der Waals surface area contributed by atoms with Gasteiger partial charge in [-0.1, -0.05) is 12.8 Å². The van der Waals surface area contributed by atoms with Crippen LogP contribution in [0, 0.1) is 11.8 Å². The van der Waals surface area contributed by atoms with Gasteiger partial charge in [0.2, 0.25) is 0 Å². The monoisotopic (exact) mass is 293 g/mol. The van der Waals surface area contributed by atoms with Crippen LogP contribution in [0.2, 0.25) is 0 Å². The predicted molar refractivity (Wildman–Crippen MR) is 75.2 cm³/mol. The number of hydrogen-bond donors (Lipinski definition) is 4. The van der Waals surface area contributed by atoms with E-state index < -0.39 is 17.8 Å². The van der Waals surface area contributed by atoms with E-state index >= 15 is 0 Å². The fourth-order valence-corrected chi connectivity index (χ4v) is 2.81. The van der Waals surface area contributed by atoms with Gasteiger partial charge in [0.25, 0.3) is 5.91 Å². The lowest BCUT2D eigenvalue weighted by atomic mass is 9.79. The van der Waals surface area contributed by atoms with Gasteiger partial charge in [-0.3, -0.25) is 9.59 Å². The Morgan fingerprint density at radius 2 is 1.90 bits per heavy atom. The van der Waals surface area contributed by atoms with Crippen LogP contribution in [-0.2, 0) is 4.79 Å². The molecule has 2 unspecified atom stereocenters. The number of amides is 1. The number of benzene rings is 1. The number of carboxylic acids is 1. The first-order chi connectivity index (χ1) is 9.99. The second-order valence-corrected chi connectivity index (χ2v) is 5.40. The van der Waals surface area contributed by atoms with Crippen molar-refractivity contribution in [3.05, 3.63) is 23.8 Å². The first-order valence-electron chi connectivity index (χ1n) is 7.02. The number of aliphatic carboxylic acids is 1. The maximum Gasteiger partial charge on any atom is 0.306 e. The summed E-state index contributed by atoms with van der Waals surface area (Å²) in [6, 6.07) is 3.74. The van der Waals surface area contributed by atoms with Gasteiger partial charge in [0.15, 0.2) is 0 Å². The highest BCUT2D eigenvalue weighted by Gasteiger charge is 2.31.